The third kappa shape index (κ3) is 3.17. The first-order chi connectivity index (χ1) is 9.88. The summed E-state index contributed by atoms with van der Waals surface area (Å²) in [6, 6.07) is 9.68. The Kier molecular flexibility index (Phi) is 3.89. The number of carboxylic acid groups (broad SMARTS) is 1. The Hall–Kier alpha value is -2.89. The van der Waals surface area contributed by atoms with Crippen LogP contribution in [-0.4, -0.2) is 16.0 Å². The largest absolute Gasteiger partial charge is 0.477 e. The van der Waals surface area contributed by atoms with Crippen molar-refractivity contribution in [1.29, 1.82) is 0 Å². The molecule has 0 aliphatic carbocycles. The van der Waals surface area contributed by atoms with Gasteiger partial charge in [-0.15, -0.1) is 0 Å². The minimum absolute atomic E-state index is 0.328. The van der Waals surface area contributed by atoms with Gasteiger partial charge in [0.2, 0.25) is 0 Å². The second kappa shape index (κ2) is 5.62. The molecule has 6 nitrogen and oxygen atoms in total. The summed E-state index contributed by atoms with van der Waals surface area (Å²) in [5.74, 6) is -1.32. The predicted molar refractivity (Wildman–Crippen MR) is 79.3 cm³/mol. The van der Waals surface area contributed by atoms with Crippen LogP contribution >= 0.6 is 0 Å². The zero-order valence-corrected chi connectivity index (χ0v) is 11.6. The SMILES string of the molecule is Cc1ccc(Nc2ccc(C(=O)O)c([N+](=O)[O-])c2)cc1C. The van der Waals surface area contributed by atoms with E-state index in [1.54, 1.807) is 0 Å². The zero-order chi connectivity index (χ0) is 15.6. The fourth-order valence-electron chi connectivity index (χ4n) is 1.93. The summed E-state index contributed by atoms with van der Waals surface area (Å²) in [5, 5.41) is 22.9. The normalized spacial score (nSPS) is 10.2. The maximum Gasteiger partial charge on any atom is 0.342 e. The quantitative estimate of drug-likeness (QED) is 0.661. The summed E-state index contributed by atoms with van der Waals surface area (Å²) in [7, 11) is 0. The molecule has 0 amide bonds. The molecule has 0 spiro atoms. The van der Waals surface area contributed by atoms with Crippen LogP contribution in [0.4, 0.5) is 17.1 Å². The molecule has 6 heteroatoms. The molecule has 0 heterocycles. The molecule has 0 atom stereocenters. The average Bonchev–Trinajstić information content (AvgIpc) is 2.42. The molecule has 2 aromatic rings. The molecule has 0 saturated carbocycles. The molecule has 0 saturated heterocycles. The number of nitrogens with zero attached hydrogens (tertiary/aromatic N) is 1. The van der Waals surface area contributed by atoms with E-state index < -0.39 is 16.6 Å². The minimum atomic E-state index is -1.32. The van der Waals surface area contributed by atoms with Gasteiger partial charge in [-0.1, -0.05) is 6.07 Å². The van der Waals surface area contributed by atoms with Crippen molar-refractivity contribution < 1.29 is 14.8 Å². The van der Waals surface area contributed by atoms with E-state index in [1.807, 2.05) is 32.0 Å². The van der Waals surface area contributed by atoms with Crippen molar-refractivity contribution in [3.8, 4) is 0 Å². The first kappa shape index (κ1) is 14.5. The lowest BCUT2D eigenvalue weighted by atomic mass is 10.1. The molecule has 0 aromatic heterocycles. The zero-order valence-electron chi connectivity index (χ0n) is 11.6. The first-order valence-electron chi connectivity index (χ1n) is 6.24. The van der Waals surface area contributed by atoms with Crippen LogP contribution in [0.2, 0.25) is 0 Å². The van der Waals surface area contributed by atoms with Gasteiger partial charge in [0, 0.05) is 17.4 Å². The molecule has 0 unspecified atom stereocenters. The number of carboxylic acids is 1. The van der Waals surface area contributed by atoms with Gasteiger partial charge in [0.05, 0.1) is 4.92 Å². The summed E-state index contributed by atoms with van der Waals surface area (Å²) in [6.07, 6.45) is 0. The second-order valence-corrected chi connectivity index (χ2v) is 4.72. The van der Waals surface area contributed by atoms with Crippen LogP contribution in [0.15, 0.2) is 36.4 Å². The summed E-state index contributed by atoms with van der Waals surface area (Å²) >= 11 is 0. The van der Waals surface area contributed by atoms with E-state index in [9.17, 15) is 14.9 Å². The van der Waals surface area contributed by atoms with Gasteiger partial charge in [0.1, 0.15) is 5.56 Å². The van der Waals surface area contributed by atoms with Crippen LogP contribution in [0.3, 0.4) is 0 Å². The lowest BCUT2D eigenvalue weighted by Gasteiger charge is -2.09. The Bertz CT molecular complexity index is 726. The number of anilines is 2. The summed E-state index contributed by atoms with van der Waals surface area (Å²) in [5.41, 5.74) is 2.73. The molecule has 2 N–H and O–H groups in total. The van der Waals surface area contributed by atoms with Crippen molar-refractivity contribution >= 4 is 23.0 Å². The number of hydrogen-bond donors (Lipinski definition) is 2. The number of nitro benzene ring substituents is 1. The lowest BCUT2D eigenvalue weighted by molar-refractivity contribution is -0.385. The van der Waals surface area contributed by atoms with Crippen LogP contribution in [0, 0.1) is 24.0 Å². The van der Waals surface area contributed by atoms with Crippen molar-refractivity contribution in [3.63, 3.8) is 0 Å². The highest BCUT2D eigenvalue weighted by Gasteiger charge is 2.20. The topological polar surface area (TPSA) is 92.5 Å². The Morgan fingerprint density at radius 2 is 1.71 bits per heavy atom. The van der Waals surface area contributed by atoms with E-state index in [-0.39, 0.29) is 5.56 Å². The Labute approximate surface area is 121 Å². The van der Waals surface area contributed by atoms with Crippen LogP contribution in [0.25, 0.3) is 0 Å². The third-order valence-corrected chi connectivity index (χ3v) is 3.22. The predicted octanol–water partition coefficient (Wildman–Crippen LogP) is 3.65. The fourth-order valence-corrected chi connectivity index (χ4v) is 1.93. The van der Waals surface area contributed by atoms with Gasteiger partial charge < -0.3 is 10.4 Å². The molecule has 0 fully saturated rings. The highest BCUT2D eigenvalue weighted by molar-refractivity contribution is 5.93. The van der Waals surface area contributed by atoms with Crippen molar-refractivity contribution in [2.24, 2.45) is 0 Å². The standard InChI is InChI=1S/C15H14N2O4/c1-9-3-4-11(7-10(9)2)16-12-5-6-13(15(18)19)14(8-12)17(20)21/h3-8,16H,1-2H3,(H,18,19). The summed E-state index contributed by atoms with van der Waals surface area (Å²) in [4.78, 5) is 21.2. The molecule has 2 aromatic carbocycles. The molecule has 0 bridgehead atoms. The van der Waals surface area contributed by atoms with E-state index in [4.69, 9.17) is 5.11 Å². The molecule has 2 rings (SSSR count). The summed E-state index contributed by atoms with van der Waals surface area (Å²) < 4.78 is 0. The number of nitro groups is 1. The Morgan fingerprint density at radius 3 is 2.29 bits per heavy atom. The Morgan fingerprint density at radius 1 is 1.10 bits per heavy atom. The van der Waals surface area contributed by atoms with E-state index >= 15 is 0 Å². The molecule has 108 valence electrons. The maximum atomic E-state index is 11.0. The molecular formula is C15H14N2O4. The molecule has 21 heavy (non-hydrogen) atoms. The van der Waals surface area contributed by atoms with E-state index in [0.29, 0.717) is 5.69 Å². The number of carbonyl (C=O) groups is 1. The highest BCUT2D eigenvalue weighted by atomic mass is 16.6. The number of benzene rings is 2. The van der Waals surface area contributed by atoms with Gasteiger partial charge in [-0.25, -0.2) is 4.79 Å². The Balaban J connectivity index is 2.36. The van der Waals surface area contributed by atoms with Gasteiger partial charge in [-0.3, -0.25) is 10.1 Å². The van der Waals surface area contributed by atoms with Crippen LogP contribution in [-0.2, 0) is 0 Å². The number of aryl methyl sites for hydroxylation is 2. The van der Waals surface area contributed by atoms with Crippen molar-refractivity contribution in [2.45, 2.75) is 13.8 Å². The fraction of sp³-hybridized carbons (Fsp3) is 0.133. The number of rotatable bonds is 4. The summed E-state index contributed by atoms with van der Waals surface area (Å²) in [6.45, 7) is 3.96. The molecule has 0 aliphatic heterocycles. The van der Waals surface area contributed by atoms with E-state index in [0.717, 1.165) is 16.8 Å². The van der Waals surface area contributed by atoms with Gasteiger partial charge >= 0.3 is 5.97 Å². The number of hydrogen-bond acceptors (Lipinski definition) is 4. The molecule has 0 radical (unpaired) electrons. The average molecular weight is 286 g/mol. The van der Waals surface area contributed by atoms with Gasteiger partial charge in [-0.2, -0.15) is 0 Å². The van der Waals surface area contributed by atoms with Gasteiger partial charge in [0.15, 0.2) is 0 Å². The van der Waals surface area contributed by atoms with Crippen LogP contribution in [0.5, 0.6) is 0 Å². The molecule has 0 aliphatic rings. The van der Waals surface area contributed by atoms with Gasteiger partial charge in [-0.05, 0) is 49.2 Å². The molecular weight excluding hydrogens is 272 g/mol. The van der Waals surface area contributed by atoms with Crippen molar-refractivity contribution in [3.05, 3.63) is 63.2 Å². The van der Waals surface area contributed by atoms with Crippen molar-refractivity contribution in [1.82, 2.24) is 0 Å². The van der Waals surface area contributed by atoms with Gasteiger partial charge in [0.25, 0.3) is 5.69 Å². The lowest BCUT2D eigenvalue weighted by Crippen LogP contribution is -2.03. The second-order valence-electron chi connectivity index (χ2n) is 4.72. The monoisotopic (exact) mass is 286 g/mol. The third-order valence-electron chi connectivity index (χ3n) is 3.22. The van der Waals surface area contributed by atoms with E-state index in [2.05, 4.69) is 5.32 Å². The maximum absolute atomic E-state index is 11.0. The van der Waals surface area contributed by atoms with Crippen LogP contribution in [0.1, 0.15) is 21.5 Å². The number of aromatic carboxylic acids is 1. The first-order valence-corrected chi connectivity index (χ1v) is 6.24. The van der Waals surface area contributed by atoms with Crippen LogP contribution < -0.4 is 5.32 Å². The van der Waals surface area contributed by atoms with Crippen molar-refractivity contribution in [2.75, 3.05) is 5.32 Å². The smallest absolute Gasteiger partial charge is 0.342 e. The van der Waals surface area contributed by atoms with E-state index in [1.165, 1.54) is 18.2 Å². The highest BCUT2D eigenvalue weighted by Crippen LogP contribution is 2.26. The number of nitrogens with one attached hydrogen (secondary N) is 1. The minimum Gasteiger partial charge on any atom is -0.477 e.